The number of rotatable bonds is 2. The van der Waals surface area contributed by atoms with E-state index in [1.165, 1.54) is 0 Å². The van der Waals surface area contributed by atoms with Gasteiger partial charge in [0.1, 0.15) is 5.82 Å². The molecular formula is C13H19ClN6. The van der Waals surface area contributed by atoms with Gasteiger partial charge in [0.15, 0.2) is 5.65 Å². The Hall–Kier alpha value is -1.40. The van der Waals surface area contributed by atoms with Crippen LogP contribution in [0.3, 0.4) is 0 Å². The maximum Gasteiger partial charge on any atom is 0.226 e. The van der Waals surface area contributed by atoms with E-state index < -0.39 is 0 Å². The normalized spacial score (nSPS) is 21.4. The molecular weight excluding hydrogens is 276 g/mol. The molecule has 1 unspecified atom stereocenters. The summed E-state index contributed by atoms with van der Waals surface area (Å²) >= 11 is 6.05. The molecule has 0 bridgehead atoms. The summed E-state index contributed by atoms with van der Waals surface area (Å²) in [4.78, 5) is 13.4. The number of nitrogens with zero attached hydrogens (tertiary/aromatic N) is 5. The first-order chi connectivity index (χ1) is 9.69. The average Bonchev–Trinajstić information content (AvgIpc) is 2.80. The van der Waals surface area contributed by atoms with Crippen LogP contribution in [-0.4, -0.2) is 57.8 Å². The molecule has 1 N–H and O–H groups in total. The Morgan fingerprint density at radius 2 is 2.25 bits per heavy atom. The summed E-state index contributed by atoms with van der Waals surface area (Å²) in [6.07, 6.45) is 3.97. The third-order valence-corrected chi connectivity index (χ3v) is 4.08. The quantitative estimate of drug-likeness (QED) is 0.858. The summed E-state index contributed by atoms with van der Waals surface area (Å²) in [7, 11) is 2.17. The van der Waals surface area contributed by atoms with Gasteiger partial charge in [-0.05, 0) is 38.0 Å². The van der Waals surface area contributed by atoms with Crippen molar-refractivity contribution in [2.24, 2.45) is 0 Å². The minimum absolute atomic E-state index is 0.268. The SMILES string of the molecule is CCC1CN(C)CCCN1c1nc(Cl)nc2[nH]ncc12. The van der Waals surface area contributed by atoms with Crippen molar-refractivity contribution in [1.82, 2.24) is 25.1 Å². The lowest BCUT2D eigenvalue weighted by molar-refractivity contribution is 0.328. The molecule has 0 radical (unpaired) electrons. The molecule has 3 heterocycles. The van der Waals surface area contributed by atoms with Crippen LogP contribution in [0.1, 0.15) is 19.8 Å². The summed E-state index contributed by atoms with van der Waals surface area (Å²) < 4.78 is 0. The number of nitrogens with one attached hydrogen (secondary N) is 1. The van der Waals surface area contributed by atoms with Crippen LogP contribution < -0.4 is 4.90 Å². The fourth-order valence-corrected chi connectivity index (χ4v) is 3.05. The molecule has 1 aliphatic rings. The maximum atomic E-state index is 6.05. The first kappa shape index (κ1) is 13.6. The van der Waals surface area contributed by atoms with E-state index in [2.05, 4.69) is 43.9 Å². The van der Waals surface area contributed by atoms with Gasteiger partial charge in [-0.25, -0.2) is 0 Å². The van der Waals surface area contributed by atoms with Gasteiger partial charge in [-0.3, -0.25) is 5.10 Å². The molecule has 108 valence electrons. The van der Waals surface area contributed by atoms with Crippen molar-refractivity contribution in [1.29, 1.82) is 0 Å². The standard InChI is InChI=1S/C13H19ClN6/c1-3-9-8-19(2)5-4-6-20(9)12-10-7-15-18-11(10)16-13(14)17-12/h7,9H,3-6,8H2,1-2H3,(H,15,16,17,18). The molecule has 0 saturated carbocycles. The number of aromatic amines is 1. The second kappa shape index (κ2) is 5.54. The summed E-state index contributed by atoms with van der Waals surface area (Å²) in [5.74, 6) is 0.899. The van der Waals surface area contributed by atoms with Gasteiger partial charge in [-0.2, -0.15) is 15.1 Å². The molecule has 2 aromatic heterocycles. The smallest absolute Gasteiger partial charge is 0.226 e. The molecule has 3 rings (SSSR count). The Labute approximate surface area is 123 Å². The number of hydrogen-bond acceptors (Lipinski definition) is 5. The van der Waals surface area contributed by atoms with Crippen molar-refractivity contribution in [3.8, 4) is 0 Å². The predicted molar refractivity (Wildman–Crippen MR) is 80.2 cm³/mol. The number of fused-ring (bicyclic) bond motifs is 1. The second-order valence-corrected chi connectivity index (χ2v) is 5.66. The van der Waals surface area contributed by atoms with E-state index in [4.69, 9.17) is 11.6 Å². The topological polar surface area (TPSA) is 60.9 Å². The number of hydrogen-bond donors (Lipinski definition) is 1. The van der Waals surface area contributed by atoms with Gasteiger partial charge in [0.2, 0.25) is 5.28 Å². The highest BCUT2D eigenvalue weighted by Crippen LogP contribution is 2.27. The molecule has 0 amide bonds. The molecule has 1 aliphatic heterocycles. The van der Waals surface area contributed by atoms with Crippen LogP contribution in [0.15, 0.2) is 6.20 Å². The zero-order chi connectivity index (χ0) is 14.1. The molecule has 0 aromatic carbocycles. The minimum Gasteiger partial charge on any atom is -0.352 e. The van der Waals surface area contributed by atoms with Gasteiger partial charge in [0, 0.05) is 19.1 Å². The lowest BCUT2D eigenvalue weighted by Crippen LogP contribution is -2.40. The summed E-state index contributed by atoms with van der Waals surface area (Å²) in [6, 6.07) is 0.437. The molecule has 1 saturated heterocycles. The van der Waals surface area contributed by atoms with Crippen LogP contribution >= 0.6 is 11.6 Å². The molecule has 1 atom stereocenters. The maximum absolute atomic E-state index is 6.05. The van der Waals surface area contributed by atoms with Crippen LogP contribution in [-0.2, 0) is 0 Å². The summed E-state index contributed by atoms with van der Waals surface area (Å²) in [5, 5.41) is 8.15. The van der Waals surface area contributed by atoms with E-state index in [1.807, 2.05) is 0 Å². The van der Waals surface area contributed by atoms with E-state index in [-0.39, 0.29) is 5.28 Å². The Morgan fingerprint density at radius 1 is 1.40 bits per heavy atom. The van der Waals surface area contributed by atoms with Crippen molar-refractivity contribution >= 4 is 28.5 Å². The second-order valence-electron chi connectivity index (χ2n) is 5.32. The highest BCUT2D eigenvalue weighted by Gasteiger charge is 2.25. The first-order valence-electron chi connectivity index (χ1n) is 7.01. The van der Waals surface area contributed by atoms with Crippen molar-refractivity contribution in [3.05, 3.63) is 11.5 Å². The van der Waals surface area contributed by atoms with Crippen molar-refractivity contribution < 1.29 is 0 Å². The Balaban J connectivity index is 2.05. The van der Waals surface area contributed by atoms with Gasteiger partial charge in [0.25, 0.3) is 0 Å². The molecule has 2 aromatic rings. The van der Waals surface area contributed by atoms with Gasteiger partial charge in [-0.1, -0.05) is 6.92 Å². The largest absolute Gasteiger partial charge is 0.352 e. The molecule has 20 heavy (non-hydrogen) atoms. The van der Waals surface area contributed by atoms with Gasteiger partial charge in [0.05, 0.1) is 11.6 Å². The summed E-state index contributed by atoms with van der Waals surface area (Å²) in [5.41, 5.74) is 0.701. The lowest BCUT2D eigenvalue weighted by Gasteiger charge is -2.31. The number of halogens is 1. The van der Waals surface area contributed by atoms with E-state index in [1.54, 1.807) is 6.20 Å². The number of aromatic nitrogens is 4. The number of likely N-dealkylation sites (N-methyl/N-ethyl adjacent to an activating group) is 1. The van der Waals surface area contributed by atoms with E-state index in [0.29, 0.717) is 11.7 Å². The fourth-order valence-electron chi connectivity index (χ4n) is 2.88. The summed E-state index contributed by atoms with van der Waals surface area (Å²) in [6.45, 7) is 5.35. The highest BCUT2D eigenvalue weighted by molar-refractivity contribution is 6.28. The number of anilines is 1. The van der Waals surface area contributed by atoms with Gasteiger partial charge in [-0.15, -0.1) is 0 Å². The predicted octanol–water partition coefficient (Wildman–Crippen LogP) is 1.93. The third-order valence-electron chi connectivity index (χ3n) is 3.91. The zero-order valence-electron chi connectivity index (χ0n) is 11.8. The number of H-pyrrole nitrogens is 1. The monoisotopic (exact) mass is 294 g/mol. The molecule has 1 fully saturated rings. The molecule has 0 aliphatic carbocycles. The van der Waals surface area contributed by atoms with Gasteiger partial charge >= 0.3 is 0 Å². The Kier molecular flexibility index (Phi) is 3.76. The molecule has 6 nitrogen and oxygen atoms in total. The Bertz CT molecular complexity index is 598. The fraction of sp³-hybridized carbons (Fsp3) is 0.615. The highest BCUT2D eigenvalue weighted by atomic mass is 35.5. The Morgan fingerprint density at radius 3 is 3.05 bits per heavy atom. The first-order valence-corrected chi connectivity index (χ1v) is 7.38. The van der Waals surface area contributed by atoms with Crippen LogP contribution in [0.4, 0.5) is 5.82 Å². The molecule has 7 heteroatoms. The zero-order valence-corrected chi connectivity index (χ0v) is 12.6. The van der Waals surface area contributed by atoms with Crippen LogP contribution in [0.25, 0.3) is 11.0 Å². The minimum atomic E-state index is 0.268. The van der Waals surface area contributed by atoms with Gasteiger partial charge < -0.3 is 9.80 Å². The van der Waals surface area contributed by atoms with E-state index >= 15 is 0 Å². The van der Waals surface area contributed by atoms with Crippen molar-refractivity contribution in [3.63, 3.8) is 0 Å². The van der Waals surface area contributed by atoms with Crippen molar-refractivity contribution in [2.45, 2.75) is 25.8 Å². The van der Waals surface area contributed by atoms with Crippen LogP contribution in [0.2, 0.25) is 5.28 Å². The van der Waals surface area contributed by atoms with Crippen LogP contribution in [0.5, 0.6) is 0 Å². The van der Waals surface area contributed by atoms with Crippen LogP contribution in [0, 0.1) is 0 Å². The van der Waals surface area contributed by atoms with E-state index in [9.17, 15) is 0 Å². The third kappa shape index (κ3) is 2.45. The average molecular weight is 295 g/mol. The molecule has 0 spiro atoms. The van der Waals surface area contributed by atoms with Crippen molar-refractivity contribution in [2.75, 3.05) is 31.6 Å². The van der Waals surface area contributed by atoms with E-state index in [0.717, 1.165) is 43.7 Å². The lowest BCUT2D eigenvalue weighted by atomic mass is 10.1.